The van der Waals surface area contributed by atoms with Gasteiger partial charge >= 0.3 is 12.3 Å². The van der Waals surface area contributed by atoms with Gasteiger partial charge in [0.2, 0.25) is 0 Å². The van der Waals surface area contributed by atoms with Crippen molar-refractivity contribution in [3.05, 3.63) is 69.4 Å². The highest BCUT2D eigenvalue weighted by atomic mass is 32.1. The zero-order chi connectivity index (χ0) is 28.0. The maximum absolute atomic E-state index is 12.5. The molecule has 3 rings (SSSR count). The molecule has 0 bridgehead atoms. The molecule has 1 heterocycles. The highest BCUT2D eigenvalue weighted by Crippen LogP contribution is 2.37. The molecule has 0 aliphatic carbocycles. The number of alkyl halides is 3. The Kier molecular flexibility index (Phi) is 9.43. The van der Waals surface area contributed by atoms with Crippen LogP contribution < -0.4 is 14.8 Å². The second-order valence-corrected chi connectivity index (χ2v) is 10.5. The number of aliphatic carboxylic acids is 1. The number of halogens is 3. The lowest BCUT2D eigenvalue weighted by molar-refractivity contribution is -0.274. The fourth-order valence-electron chi connectivity index (χ4n) is 4.10. The van der Waals surface area contributed by atoms with Gasteiger partial charge in [-0.05, 0) is 84.8 Å². The SMILES string of the molecule is Cc1cc(OC(CC(C)C)c2ccc(C(=O)NCCC(=O)O)s2)cc(C)c1-c1ccc(OC(F)(F)F)cc1. The maximum Gasteiger partial charge on any atom is 0.573 e. The summed E-state index contributed by atoms with van der Waals surface area (Å²) in [4.78, 5) is 24.4. The smallest absolute Gasteiger partial charge is 0.485 e. The van der Waals surface area contributed by atoms with E-state index in [1.165, 1.54) is 23.5 Å². The molecule has 2 aromatic carbocycles. The van der Waals surface area contributed by atoms with E-state index in [0.717, 1.165) is 27.1 Å². The maximum atomic E-state index is 12.5. The van der Waals surface area contributed by atoms with Crippen molar-refractivity contribution in [1.29, 1.82) is 0 Å². The van der Waals surface area contributed by atoms with Crippen molar-refractivity contribution in [3.8, 4) is 22.6 Å². The Balaban J connectivity index is 1.79. The monoisotopic (exact) mass is 549 g/mol. The molecular formula is C28H30F3NO5S. The van der Waals surface area contributed by atoms with Crippen LogP contribution in [-0.4, -0.2) is 29.9 Å². The van der Waals surface area contributed by atoms with Crippen LogP contribution in [0.25, 0.3) is 11.1 Å². The summed E-state index contributed by atoms with van der Waals surface area (Å²) < 4.78 is 47.8. The topological polar surface area (TPSA) is 84.9 Å². The number of benzene rings is 2. The summed E-state index contributed by atoms with van der Waals surface area (Å²) in [7, 11) is 0. The fraction of sp³-hybridized carbons (Fsp3) is 0.357. The number of carboxylic acid groups (broad SMARTS) is 1. The van der Waals surface area contributed by atoms with Crippen LogP contribution in [0.15, 0.2) is 48.5 Å². The molecule has 0 aliphatic heterocycles. The number of nitrogens with one attached hydrogen (secondary N) is 1. The zero-order valence-corrected chi connectivity index (χ0v) is 22.3. The Bertz CT molecular complexity index is 1250. The molecule has 3 aromatic rings. The van der Waals surface area contributed by atoms with Gasteiger partial charge in [-0.3, -0.25) is 9.59 Å². The number of carboxylic acids is 1. The molecule has 0 fully saturated rings. The lowest BCUT2D eigenvalue weighted by atomic mass is 9.95. The average Bonchev–Trinajstić information content (AvgIpc) is 3.28. The Morgan fingerprint density at radius 2 is 1.63 bits per heavy atom. The minimum absolute atomic E-state index is 0.0519. The van der Waals surface area contributed by atoms with Gasteiger partial charge in [0.1, 0.15) is 17.6 Å². The van der Waals surface area contributed by atoms with E-state index in [-0.39, 0.29) is 30.7 Å². The third-order valence-corrected chi connectivity index (χ3v) is 6.82. The van der Waals surface area contributed by atoms with E-state index in [9.17, 15) is 22.8 Å². The van der Waals surface area contributed by atoms with Gasteiger partial charge < -0.3 is 19.9 Å². The lowest BCUT2D eigenvalue weighted by Crippen LogP contribution is -2.25. The Morgan fingerprint density at radius 1 is 1.00 bits per heavy atom. The number of aryl methyl sites for hydroxylation is 2. The molecule has 1 atom stereocenters. The van der Waals surface area contributed by atoms with Crippen molar-refractivity contribution in [1.82, 2.24) is 5.32 Å². The largest absolute Gasteiger partial charge is 0.573 e. The predicted octanol–water partition coefficient (Wildman–Crippen LogP) is 7.30. The number of amides is 1. The third-order valence-electron chi connectivity index (χ3n) is 5.64. The Hall–Kier alpha value is -3.53. The van der Waals surface area contributed by atoms with Gasteiger partial charge in [0.15, 0.2) is 0 Å². The number of ether oxygens (including phenoxy) is 2. The molecular weight excluding hydrogens is 519 g/mol. The van der Waals surface area contributed by atoms with E-state index in [1.807, 2.05) is 32.0 Å². The van der Waals surface area contributed by atoms with Crippen LogP contribution in [0, 0.1) is 19.8 Å². The summed E-state index contributed by atoms with van der Waals surface area (Å²) in [5, 5.41) is 11.4. The first kappa shape index (κ1) is 29.0. The lowest BCUT2D eigenvalue weighted by Gasteiger charge is -2.22. The Labute approximate surface area is 223 Å². The molecule has 204 valence electrons. The number of thiophene rings is 1. The van der Waals surface area contributed by atoms with Crippen molar-refractivity contribution >= 4 is 23.2 Å². The summed E-state index contributed by atoms with van der Waals surface area (Å²) in [5.74, 6) is -0.625. The first-order valence-corrected chi connectivity index (χ1v) is 12.9. The van der Waals surface area contributed by atoms with Crippen molar-refractivity contribution in [2.75, 3.05) is 6.54 Å². The summed E-state index contributed by atoms with van der Waals surface area (Å²) in [5.41, 5.74) is 3.46. The standard InChI is InChI=1S/C28H30F3NO5S/c1-16(2)13-22(23-9-10-24(38-23)27(35)32-12-11-25(33)34)36-21-14-17(3)26(18(4)15-21)19-5-7-20(8-6-19)37-28(29,30)31/h5-10,14-16,22H,11-13H2,1-4H3,(H,32,35)(H,33,34). The minimum atomic E-state index is -4.74. The van der Waals surface area contributed by atoms with Crippen molar-refractivity contribution in [2.45, 2.75) is 53.0 Å². The predicted molar refractivity (Wildman–Crippen MR) is 140 cm³/mol. The van der Waals surface area contributed by atoms with Gasteiger partial charge in [-0.15, -0.1) is 24.5 Å². The van der Waals surface area contributed by atoms with Crippen LogP contribution >= 0.6 is 11.3 Å². The fourth-order valence-corrected chi connectivity index (χ4v) is 5.07. The van der Waals surface area contributed by atoms with E-state index in [4.69, 9.17) is 9.84 Å². The van der Waals surface area contributed by atoms with Gasteiger partial charge in [-0.25, -0.2) is 0 Å². The second kappa shape index (κ2) is 12.3. The Morgan fingerprint density at radius 3 is 2.18 bits per heavy atom. The number of rotatable bonds is 11. The minimum Gasteiger partial charge on any atom is -0.485 e. The van der Waals surface area contributed by atoms with Crippen molar-refractivity contribution in [3.63, 3.8) is 0 Å². The van der Waals surface area contributed by atoms with E-state index < -0.39 is 12.3 Å². The van der Waals surface area contributed by atoms with Gasteiger partial charge in [0.05, 0.1) is 11.3 Å². The van der Waals surface area contributed by atoms with Crippen LogP contribution in [-0.2, 0) is 4.79 Å². The van der Waals surface area contributed by atoms with Crippen LogP contribution in [0.1, 0.15) is 58.5 Å². The van der Waals surface area contributed by atoms with Crippen LogP contribution in [0.3, 0.4) is 0 Å². The molecule has 1 amide bonds. The van der Waals surface area contributed by atoms with Crippen LogP contribution in [0.4, 0.5) is 13.2 Å². The van der Waals surface area contributed by atoms with Gasteiger partial charge in [-0.2, -0.15) is 0 Å². The molecule has 1 unspecified atom stereocenters. The molecule has 0 radical (unpaired) electrons. The van der Waals surface area contributed by atoms with Crippen LogP contribution in [0.2, 0.25) is 0 Å². The van der Waals surface area contributed by atoms with E-state index in [0.29, 0.717) is 23.0 Å². The molecule has 2 N–H and O–H groups in total. The zero-order valence-electron chi connectivity index (χ0n) is 21.5. The van der Waals surface area contributed by atoms with Gasteiger partial charge in [-0.1, -0.05) is 26.0 Å². The average molecular weight is 550 g/mol. The van der Waals surface area contributed by atoms with Crippen molar-refractivity contribution in [2.24, 2.45) is 5.92 Å². The third kappa shape index (κ3) is 8.24. The first-order chi connectivity index (χ1) is 17.8. The van der Waals surface area contributed by atoms with Gasteiger partial charge in [0, 0.05) is 11.4 Å². The quantitative estimate of drug-likeness (QED) is 0.262. The molecule has 6 nitrogen and oxygen atoms in total. The second-order valence-electron chi connectivity index (χ2n) is 9.34. The molecule has 0 saturated carbocycles. The number of carbonyl (C=O) groups is 2. The summed E-state index contributed by atoms with van der Waals surface area (Å²) in [6.07, 6.45) is -4.49. The van der Waals surface area contributed by atoms with E-state index in [1.54, 1.807) is 18.2 Å². The van der Waals surface area contributed by atoms with Crippen molar-refractivity contribution < 1.29 is 37.3 Å². The summed E-state index contributed by atoms with van der Waals surface area (Å²) >= 11 is 1.31. The number of hydrogen-bond acceptors (Lipinski definition) is 5. The van der Waals surface area contributed by atoms with Gasteiger partial charge in [0.25, 0.3) is 5.91 Å². The van der Waals surface area contributed by atoms with E-state index >= 15 is 0 Å². The number of hydrogen-bond donors (Lipinski definition) is 2. The summed E-state index contributed by atoms with van der Waals surface area (Å²) in [6, 6.07) is 13.1. The molecule has 10 heteroatoms. The highest BCUT2D eigenvalue weighted by molar-refractivity contribution is 7.14. The molecule has 38 heavy (non-hydrogen) atoms. The molecule has 0 spiro atoms. The molecule has 0 saturated heterocycles. The molecule has 0 aliphatic rings. The summed E-state index contributed by atoms with van der Waals surface area (Å²) in [6.45, 7) is 8.04. The molecule has 1 aromatic heterocycles. The normalized spacial score (nSPS) is 12.3. The highest BCUT2D eigenvalue weighted by Gasteiger charge is 2.31. The van der Waals surface area contributed by atoms with E-state index in [2.05, 4.69) is 23.9 Å². The van der Waals surface area contributed by atoms with Crippen LogP contribution in [0.5, 0.6) is 11.5 Å². The number of carbonyl (C=O) groups excluding carboxylic acids is 1. The first-order valence-electron chi connectivity index (χ1n) is 12.1.